The molecule has 228 valence electrons. The molecule has 4 heteroatoms. The molecule has 0 radical (unpaired) electrons. The molecule has 0 spiro atoms. The summed E-state index contributed by atoms with van der Waals surface area (Å²) in [5.74, 6) is -1.99. The van der Waals surface area contributed by atoms with Crippen molar-refractivity contribution in [1.29, 1.82) is 0 Å². The first-order valence-electron chi connectivity index (χ1n) is 16.8. The van der Waals surface area contributed by atoms with E-state index in [2.05, 4.69) is 25.7 Å². The molecule has 0 aliphatic rings. The molecule has 0 saturated carbocycles. The second-order valence-corrected chi connectivity index (χ2v) is 11.5. The number of carboxylic acid groups (broad SMARTS) is 1. The van der Waals surface area contributed by atoms with Gasteiger partial charge in [0, 0.05) is 0 Å². The van der Waals surface area contributed by atoms with Gasteiger partial charge < -0.3 is 9.84 Å². The lowest BCUT2D eigenvalue weighted by Gasteiger charge is -2.12. The highest BCUT2D eigenvalue weighted by Crippen LogP contribution is 2.17. The van der Waals surface area contributed by atoms with Gasteiger partial charge in [-0.2, -0.15) is 0 Å². The fourth-order valence-electron chi connectivity index (χ4n) is 5.18. The normalized spacial score (nSPS) is 12.1. The maximum absolute atomic E-state index is 12.0. The van der Waals surface area contributed by atoms with E-state index in [0.717, 1.165) is 6.42 Å². The minimum atomic E-state index is -0.964. The van der Waals surface area contributed by atoms with Crippen LogP contribution in [0.3, 0.4) is 0 Å². The molecular formula is C35H64O4. The predicted molar refractivity (Wildman–Crippen MR) is 167 cm³/mol. The lowest BCUT2D eigenvalue weighted by Crippen LogP contribution is -2.21. The second-order valence-electron chi connectivity index (χ2n) is 11.5. The largest absolute Gasteiger partial charge is 0.481 e. The van der Waals surface area contributed by atoms with Crippen molar-refractivity contribution in [1.82, 2.24) is 0 Å². The first kappa shape index (κ1) is 37.4. The van der Waals surface area contributed by atoms with Gasteiger partial charge >= 0.3 is 11.9 Å². The molecule has 0 aromatic heterocycles. The van der Waals surface area contributed by atoms with Crippen molar-refractivity contribution in [2.45, 2.75) is 174 Å². The third kappa shape index (κ3) is 29.2. The van der Waals surface area contributed by atoms with Crippen LogP contribution >= 0.6 is 0 Å². The lowest BCUT2D eigenvalue weighted by molar-refractivity contribution is -0.152. The van der Waals surface area contributed by atoms with Crippen molar-refractivity contribution in [2.24, 2.45) is 5.92 Å². The highest BCUT2D eigenvalue weighted by molar-refractivity contribution is 5.79. The van der Waals surface area contributed by atoms with Gasteiger partial charge in [0.15, 0.2) is 0 Å². The van der Waals surface area contributed by atoms with Crippen LogP contribution in [0.1, 0.15) is 174 Å². The molecule has 0 rings (SSSR count). The van der Waals surface area contributed by atoms with Crippen LogP contribution in [0, 0.1) is 5.92 Å². The summed E-state index contributed by atoms with van der Waals surface area (Å²) in [5.41, 5.74) is 0. The molecule has 0 aliphatic heterocycles. The first-order valence-corrected chi connectivity index (χ1v) is 16.8. The summed E-state index contributed by atoms with van der Waals surface area (Å²) < 4.78 is 5.02. The average Bonchev–Trinajstić information content (AvgIpc) is 2.92. The number of ether oxygens (including phenoxy) is 1. The van der Waals surface area contributed by atoms with E-state index >= 15 is 0 Å². The van der Waals surface area contributed by atoms with Gasteiger partial charge in [-0.25, -0.2) is 0 Å². The molecule has 1 unspecified atom stereocenters. The van der Waals surface area contributed by atoms with Crippen molar-refractivity contribution in [2.75, 3.05) is 6.61 Å². The van der Waals surface area contributed by atoms with Crippen LogP contribution in [0.4, 0.5) is 0 Å². The predicted octanol–water partition coefficient (Wildman–Crippen LogP) is 11.1. The van der Waals surface area contributed by atoms with Gasteiger partial charge in [0.2, 0.25) is 0 Å². The Morgan fingerprint density at radius 1 is 0.641 bits per heavy atom. The number of allylic oxidation sites excluding steroid dienone is 2. The topological polar surface area (TPSA) is 63.6 Å². The van der Waals surface area contributed by atoms with Crippen molar-refractivity contribution < 1.29 is 19.4 Å². The summed E-state index contributed by atoms with van der Waals surface area (Å²) >= 11 is 0. The lowest BCUT2D eigenvalue weighted by atomic mass is 9.99. The Labute approximate surface area is 242 Å². The van der Waals surface area contributed by atoms with Crippen molar-refractivity contribution in [3.8, 4) is 0 Å². The maximum atomic E-state index is 12.0. The number of unbranched alkanes of at least 4 members (excludes halogenated alkanes) is 22. The van der Waals surface area contributed by atoms with E-state index in [1.807, 2.05) is 0 Å². The van der Waals surface area contributed by atoms with Crippen molar-refractivity contribution >= 4 is 11.9 Å². The number of hydrogen-bond donors (Lipinski definition) is 1. The zero-order valence-corrected chi connectivity index (χ0v) is 25.8. The summed E-state index contributed by atoms with van der Waals surface area (Å²) in [6.07, 6.45) is 38.7. The molecule has 1 atom stereocenters. The van der Waals surface area contributed by atoms with Gasteiger partial charge in [0.05, 0.1) is 12.3 Å². The van der Waals surface area contributed by atoms with E-state index in [0.29, 0.717) is 12.8 Å². The van der Waals surface area contributed by atoms with E-state index < -0.39 is 17.9 Å². The minimum Gasteiger partial charge on any atom is -0.481 e. The van der Waals surface area contributed by atoms with Gasteiger partial charge in [0.25, 0.3) is 0 Å². The SMILES string of the molecule is C=CCOC(=O)C(CC/C=C/CCCCCCCCCCCCCCCCCCCCCCCC)CC(=O)O. The fraction of sp³-hybridized carbons (Fsp3) is 0.829. The van der Waals surface area contributed by atoms with Gasteiger partial charge in [-0.1, -0.05) is 167 Å². The maximum Gasteiger partial charge on any atom is 0.309 e. The number of hydrogen-bond acceptors (Lipinski definition) is 3. The number of rotatable bonds is 31. The Balaban J connectivity index is 3.37. The highest BCUT2D eigenvalue weighted by Gasteiger charge is 2.22. The van der Waals surface area contributed by atoms with Crippen molar-refractivity contribution in [3.63, 3.8) is 0 Å². The number of carboxylic acids is 1. The van der Waals surface area contributed by atoms with Crippen LogP contribution in [0.25, 0.3) is 0 Å². The Morgan fingerprint density at radius 2 is 1.03 bits per heavy atom. The molecule has 39 heavy (non-hydrogen) atoms. The van der Waals surface area contributed by atoms with E-state index in [-0.39, 0.29) is 13.0 Å². The van der Waals surface area contributed by atoms with Crippen LogP contribution in [-0.4, -0.2) is 23.7 Å². The smallest absolute Gasteiger partial charge is 0.309 e. The van der Waals surface area contributed by atoms with Crippen LogP contribution in [-0.2, 0) is 14.3 Å². The molecule has 0 bridgehead atoms. The molecule has 0 aromatic rings. The molecule has 1 N–H and O–H groups in total. The Hall–Kier alpha value is -1.58. The molecule has 0 aliphatic carbocycles. The standard InChI is InChI=1S/C35H64O4/c1-3-5-6-7-8-9-10-11-12-13-14-15-16-17-18-19-20-21-22-23-24-25-26-27-28-29-30-33(32-34(36)37)35(38)39-31-4-2/h4,27-28,33H,2-3,5-26,29-32H2,1H3,(H,36,37)/b28-27+. The van der Waals surface area contributed by atoms with Gasteiger partial charge in [-0.3, -0.25) is 9.59 Å². The fourth-order valence-corrected chi connectivity index (χ4v) is 5.18. The average molecular weight is 549 g/mol. The highest BCUT2D eigenvalue weighted by atomic mass is 16.5. The summed E-state index contributed by atoms with van der Waals surface area (Å²) in [6.45, 7) is 5.93. The molecule has 0 saturated heterocycles. The molecule has 0 aromatic carbocycles. The zero-order chi connectivity index (χ0) is 28.7. The first-order chi connectivity index (χ1) is 19.1. The van der Waals surface area contributed by atoms with Crippen LogP contribution in [0.5, 0.6) is 0 Å². The summed E-state index contributed by atoms with van der Waals surface area (Å²) in [5, 5.41) is 9.01. The zero-order valence-electron chi connectivity index (χ0n) is 25.8. The summed E-state index contributed by atoms with van der Waals surface area (Å²) in [6, 6.07) is 0. The molecule has 0 heterocycles. The van der Waals surface area contributed by atoms with Crippen molar-refractivity contribution in [3.05, 3.63) is 24.8 Å². The molecular weight excluding hydrogens is 484 g/mol. The number of esters is 1. The molecule has 0 amide bonds. The van der Waals surface area contributed by atoms with Gasteiger partial charge in [-0.05, 0) is 25.7 Å². The van der Waals surface area contributed by atoms with Crippen LogP contribution < -0.4 is 0 Å². The second kappa shape index (κ2) is 31.0. The Kier molecular flexibility index (Phi) is 29.7. The third-order valence-electron chi connectivity index (χ3n) is 7.67. The minimum absolute atomic E-state index is 0.129. The quantitative estimate of drug-likeness (QED) is 0.0531. The van der Waals surface area contributed by atoms with E-state index in [1.54, 1.807) is 0 Å². The molecule has 0 fully saturated rings. The van der Waals surface area contributed by atoms with Crippen LogP contribution in [0.15, 0.2) is 24.8 Å². The Morgan fingerprint density at radius 3 is 1.41 bits per heavy atom. The van der Waals surface area contributed by atoms with E-state index in [4.69, 9.17) is 9.84 Å². The number of carbonyl (C=O) groups excluding carboxylic acids is 1. The van der Waals surface area contributed by atoms with E-state index in [9.17, 15) is 9.59 Å². The summed E-state index contributed by atoms with van der Waals surface area (Å²) in [7, 11) is 0. The summed E-state index contributed by atoms with van der Waals surface area (Å²) in [4.78, 5) is 22.9. The monoisotopic (exact) mass is 548 g/mol. The molecule has 4 nitrogen and oxygen atoms in total. The van der Waals surface area contributed by atoms with Gasteiger partial charge in [0.1, 0.15) is 6.61 Å². The number of aliphatic carboxylic acids is 1. The Bertz CT molecular complexity index is 583. The van der Waals surface area contributed by atoms with Crippen LogP contribution in [0.2, 0.25) is 0 Å². The number of carbonyl (C=O) groups is 2. The third-order valence-corrected chi connectivity index (χ3v) is 7.67. The van der Waals surface area contributed by atoms with Gasteiger partial charge in [-0.15, -0.1) is 0 Å². The van der Waals surface area contributed by atoms with E-state index in [1.165, 1.54) is 147 Å².